The van der Waals surface area contributed by atoms with Crippen LogP contribution in [0.3, 0.4) is 0 Å². The molecule has 1 aliphatic carbocycles. The molecule has 0 fully saturated rings. The Morgan fingerprint density at radius 3 is 1.30 bits per heavy atom. The molecule has 8 aromatic carbocycles. The SMILES string of the molecule is CC(=O)[C@H](Cc1ccc(OCCCC(=O)N=C(N)N)cc1)NS(=O)(=O)c1ccccc1.CC(=O)[C@H](Cc1ccc(OCCCCN=C(N)N)cc1)NS(=O)(=O)c1ccccc1.CC(=O)[C@H](Cc1ccc(OCCN=C(N)N)cc1)NS(=O)(=O)c1ccccc1.CC[C@@H]1Cc2ccc(OCCc3cccc(NC)n3)cc2Cc2ccccc21. The van der Waals surface area contributed by atoms with E-state index in [1.54, 1.807) is 115 Å². The Bertz CT molecular complexity index is 5100. The molecule has 1 aromatic heterocycles. The van der Waals surface area contributed by atoms with Crippen LogP contribution in [0.1, 0.15) is 110 Å². The number of hydrogen-bond acceptors (Lipinski definition) is 18. The molecule has 0 radical (unpaired) electrons. The van der Waals surface area contributed by atoms with E-state index in [1.807, 2.05) is 37.4 Å². The Balaban J connectivity index is 0.000000216. The van der Waals surface area contributed by atoms with Crippen LogP contribution in [0.25, 0.3) is 0 Å². The van der Waals surface area contributed by atoms with Gasteiger partial charge >= 0.3 is 0 Å². The molecule has 622 valence electrons. The number of aliphatic imine (C=N–C) groups is 3. The highest BCUT2D eigenvalue weighted by molar-refractivity contribution is 7.90. The highest BCUT2D eigenvalue weighted by Gasteiger charge is 2.28. The van der Waals surface area contributed by atoms with Crippen molar-refractivity contribution in [2.45, 2.75) is 137 Å². The Morgan fingerprint density at radius 2 is 0.863 bits per heavy atom. The van der Waals surface area contributed by atoms with Crippen molar-refractivity contribution in [1.82, 2.24) is 19.2 Å². The van der Waals surface area contributed by atoms with Crippen LogP contribution in [0.2, 0.25) is 0 Å². The van der Waals surface area contributed by atoms with Crippen LogP contribution in [0, 0.1) is 0 Å². The van der Waals surface area contributed by atoms with Gasteiger partial charge in [-0.1, -0.05) is 134 Å². The van der Waals surface area contributed by atoms with E-state index >= 15 is 0 Å². The molecule has 4 atom stereocenters. The van der Waals surface area contributed by atoms with E-state index in [-0.39, 0.29) is 75.6 Å². The summed E-state index contributed by atoms with van der Waals surface area (Å²) in [5, 5.41) is 3.08. The number of pyridine rings is 1. The van der Waals surface area contributed by atoms with Crippen molar-refractivity contribution in [2.75, 3.05) is 51.9 Å². The summed E-state index contributed by atoms with van der Waals surface area (Å²) in [5.41, 5.74) is 40.5. The van der Waals surface area contributed by atoms with Gasteiger partial charge in [-0.05, 0) is 220 Å². The number of ketones is 3. The van der Waals surface area contributed by atoms with Crippen LogP contribution in [-0.4, -0.2) is 136 Å². The molecule has 10 rings (SSSR count). The summed E-state index contributed by atoms with van der Waals surface area (Å²) in [7, 11) is -9.48. The average Bonchev–Trinajstić information content (AvgIpc) is 1.72. The number of benzene rings is 8. The predicted molar refractivity (Wildman–Crippen MR) is 457 cm³/mol. The largest absolute Gasteiger partial charge is 0.494 e. The summed E-state index contributed by atoms with van der Waals surface area (Å²) >= 11 is 0. The first-order valence-corrected chi connectivity index (χ1v) is 42.5. The summed E-state index contributed by atoms with van der Waals surface area (Å²) in [6.45, 7) is 9.08. The maximum absolute atomic E-state index is 12.5. The van der Waals surface area contributed by atoms with E-state index in [0.29, 0.717) is 69.1 Å². The maximum atomic E-state index is 12.5. The topological polar surface area (TPSA) is 462 Å². The van der Waals surface area contributed by atoms with E-state index < -0.39 is 54.1 Å². The number of aromatic nitrogens is 1. The number of guanidine groups is 3. The Labute approximate surface area is 685 Å². The van der Waals surface area contributed by atoms with Crippen LogP contribution in [0.15, 0.2) is 254 Å². The molecule has 0 unspecified atom stereocenters. The van der Waals surface area contributed by atoms with Gasteiger partial charge < -0.3 is 58.7 Å². The normalized spacial score (nSPS) is 12.9. The molecule has 31 heteroatoms. The average molecular weight is 1660 g/mol. The van der Waals surface area contributed by atoms with Gasteiger partial charge in [0, 0.05) is 32.1 Å². The first-order chi connectivity index (χ1) is 56.0. The lowest BCUT2D eigenvalue weighted by Crippen LogP contribution is -2.41. The lowest BCUT2D eigenvalue weighted by molar-refractivity contribution is -0.119. The lowest BCUT2D eigenvalue weighted by Gasteiger charge is -2.16. The summed E-state index contributed by atoms with van der Waals surface area (Å²) in [5.74, 6) is 2.97. The van der Waals surface area contributed by atoms with Gasteiger partial charge in [0.15, 0.2) is 17.9 Å². The molecule has 0 bridgehead atoms. The molecule has 1 heterocycles. The molecule has 1 amide bonds. The van der Waals surface area contributed by atoms with Gasteiger partial charge in [-0.3, -0.25) is 29.2 Å². The van der Waals surface area contributed by atoms with Crippen LogP contribution in [0.4, 0.5) is 5.82 Å². The highest BCUT2D eigenvalue weighted by Crippen LogP contribution is 2.35. The van der Waals surface area contributed by atoms with E-state index in [2.05, 4.69) is 88.8 Å². The number of ether oxygens (including phenoxy) is 4. The monoisotopic (exact) mass is 1650 g/mol. The number of carbonyl (C=O) groups excluding carboxylic acids is 4. The van der Waals surface area contributed by atoms with Crippen molar-refractivity contribution in [3.05, 3.63) is 269 Å². The molecule has 0 aliphatic heterocycles. The van der Waals surface area contributed by atoms with Crippen LogP contribution in [0.5, 0.6) is 23.0 Å². The van der Waals surface area contributed by atoms with Crippen molar-refractivity contribution in [1.29, 1.82) is 0 Å². The number of nitrogens with zero attached hydrogens (tertiary/aromatic N) is 4. The van der Waals surface area contributed by atoms with Crippen molar-refractivity contribution in [3.8, 4) is 23.0 Å². The standard InChI is InChI=1S/C25H28N2O.C21H26N4O5S.C21H28N4O4S.C19H24N4O4S/c1-3-18-15-19-11-12-23(17-21(19)16-20-7-4-5-9-24(18)20)28-14-13-22-8-6-10-25(26-2)27-22;1-15(26)19(25-31(28,29)18-6-3-2-4-7-18)14-16-9-11-17(12-10-16)30-13-5-8-20(27)24-21(22)23;1-16(26)20(25-30(27,28)19-7-3-2-4-8-19)15-17-9-11-18(12-10-17)29-14-6-5-13-24-21(22)23;1-14(24)18(23-28(25,26)17-5-3-2-4-6-17)13-15-7-9-16(10-8-15)27-12-11-22-19(20)21/h4-12,17-18H,3,13-16H2,1-2H3,(H,26,27);2-4,6-7,9-12,19,25H,5,8,13-14H2,1H3,(H4,22,23,24,27);2-4,7-12,20,25H,5-6,13-15H2,1H3,(H4,22,23,24);2-10,18,23H,11-13H2,1H3,(H4,20,21,22)/t18-;19-;20-;18-/m1000/s1. The quantitative estimate of drug-likeness (QED) is 0.00975. The maximum Gasteiger partial charge on any atom is 0.248 e. The number of Topliss-reactive ketones (excluding diaryl/α,β-unsaturated/α-hetero) is 3. The number of anilines is 1. The van der Waals surface area contributed by atoms with Gasteiger partial charge in [-0.2, -0.15) is 4.99 Å². The van der Waals surface area contributed by atoms with Gasteiger partial charge in [-0.25, -0.2) is 44.4 Å². The lowest BCUT2D eigenvalue weighted by atomic mass is 9.89. The second-order valence-electron chi connectivity index (χ2n) is 27.2. The second-order valence-corrected chi connectivity index (χ2v) is 32.4. The number of rotatable bonds is 39. The number of fused-ring (bicyclic) bond motifs is 2. The smallest absolute Gasteiger partial charge is 0.248 e. The van der Waals surface area contributed by atoms with Crippen LogP contribution < -0.4 is 72.8 Å². The minimum atomic E-state index is -3.81. The molecular weight excluding hydrogens is 1550 g/mol. The molecule has 28 nitrogen and oxygen atoms in total. The predicted octanol–water partition coefficient (Wildman–Crippen LogP) is 8.92. The minimum Gasteiger partial charge on any atom is -0.494 e. The van der Waals surface area contributed by atoms with Gasteiger partial charge in [0.2, 0.25) is 36.0 Å². The van der Waals surface area contributed by atoms with Crippen LogP contribution >= 0.6 is 0 Å². The summed E-state index contributed by atoms with van der Waals surface area (Å²) in [6, 6.07) is 64.0. The number of unbranched alkanes of at least 4 members (excludes halogenated alkanes) is 1. The summed E-state index contributed by atoms with van der Waals surface area (Å²) in [6.07, 6.45) is 7.01. The molecule has 0 saturated carbocycles. The number of hydrogen-bond donors (Lipinski definition) is 10. The van der Waals surface area contributed by atoms with Crippen molar-refractivity contribution >= 4 is 77.0 Å². The number of carbonyl (C=O) groups is 4. The Kier molecular flexibility index (Phi) is 37.3. The number of amides is 1. The summed E-state index contributed by atoms with van der Waals surface area (Å²) < 4.78 is 105. The van der Waals surface area contributed by atoms with Crippen molar-refractivity contribution in [3.63, 3.8) is 0 Å². The van der Waals surface area contributed by atoms with Gasteiger partial charge in [0.25, 0.3) is 0 Å². The van der Waals surface area contributed by atoms with E-state index in [4.69, 9.17) is 53.3 Å². The molecule has 0 saturated heterocycles. The van der Waals surface area contributed by atoms with Gasteiger partial charge in [0.1, 0.15) is 52.8 Å². The zero-order valence-electron chi connectivity index (χ0n) is 66.4. The third-order valence-corrected chi connectivity index (χ3v) is 22.6. The molecule has 1 aliphatic rings. The number of nitrogens with two attached hydrogens (primary N) is 6. The molecule has 117 heavy (non-hydrogen) atoms. The number of nitrogens with one attached hydrogen (secondary N) is 4. The van der Waals surface area contributed by atoms with Crippen molar-refractivity contribution < 1.29 is 63.4 Å². The number of sulfonamides is 3. The zero-order valence-corrected chi connectivity index (χ0v) is 68.8. The van der Waals surface area contributed by atoms with Crippen LogP contribution in [-0.2, 0) is 87.8 Å². The van der Waals surface area contributed by atoms with E-state index in [9.17, 15) is 44.4 Å². The van der Waals surface area contributed by atoms with E-state index in [1.165, 1.54) is 85.8 Å². The second kappa shape index (κ2) is 47.2. The fourth-order valence-corrected chi connectivity index (χ4v) is 15.8. The zero-order chi connectivity index (χ0) is 84.8. The van der Waals surface area contributed by atoms with E-state index in [0.717, 1.165) is 66.1 Å². The minimum absolute atomic E-state index is 0.00665. The fourth-order valence-electron chi connectivity index (χ4n) is 11.9. The third-order valence-electron chi connectivity index (χ3n) is 18.1. The Hall–Kier alpha value is -11.9. The summed E-state index contributed by atoms with van der Waals surface area (Å²) in [4.78, 5) is 63.4. The van der Waals surface area contributed by atoms with Gasteiger partial charge in [-0.15, -0.1) is 0 Å². The fraction of sp³-hybridized carbons (Fsp3) is 0.302. The van der Waals surface area contributed by atoms with Gasteiger partial charge in [0.05, 0.1) is 59.2 Å². The molecule has 9 aromatic rings. The van der Waals surface area contributed by atoms with Crippen molar-refractivity contribution in [2.24, 2.45) is 49.4 Å². The molecular formula is C86H106N14O14S3. The molecule has 16 N–H and O–H groups in total. The highest BCUT2D eigenvalue weighted by atomic mass is 32.2. The first-order valence-electron chi connectivity index (χ1n) is 38.1. The Morgan fingerprint density at radius 1 is 0.444 bits per heavy atom. The first kappa shape index (κ1) is 92.3. The molecule has 0 spiro atoms. The third kappa shape index (κ3) is 32.7.